The summed E-state index contributed by atoms with van der Waals surface area (Å²) in [7, 11) is 1.67. The lowest BCUT2D eigenvalue weighted by Gasteiger charge is -2.28. The maximum absolute atomic E-state index is 12.6. The predicted octanol–water partition coefficient (Wildman–Crippen LogP) is 1.47. The highest BCUT2D eigenvalue weighted by atomic mass is 16.5. The van der Waals surface area contributed by atoms with Crippen molar-refractivity contribution in [1.29, 1.82) is 0 Å². The van der Waals surface area contributed by atoms with Crippen molar-refractivity contribution in [2.24, 2.45) is 5.92 Å². The highest BCUT2D eigenvalue weighted by molar-refractivity contribution is 5.94. The largest absolute Gasteiger partial charge is 0.369 e. The molecule has 1 fully saturated rings. The van der Waals surface area contributed by atoms with Crippen molar-refractivity contribution in [3.05, 3.63) is 17.0 Å². The fourth-order valence-corrected chi connectivity index (χ4v) is 3.82. The van der Waals surface area contributed by atoms with E-state index < -0.39 is 0 Å². The zero-order chi connectivity index (χ0) is 17.3. The first-order valence-electron chi connectivity index (χ1n) is 8.74. The molecule has 0 unspecified atom stereocenters. The Labute approximate surface area is 141 Å². The minimum Gasteiger partial charge on any atom is -0.369 e. The number of nitrogens with zero attached hydrogens (tertiary/aromatic N) is 1. The Bertz CT molecular complexity index is 619. The molecule has 132 valence electrons. The van der Waals surface area contributed by atoms with Crippen LogP contribution in [-0.4, -0.2) is 41.2 Å². The normalized spacial score (nSPS) is 29.6. The van der Waals surface area contributed by atoms with Crippen LogP contribution in [0.1, 0.15) is 67.4 Å². The molecule has 2 heterocycles. The first-order valence-corrected chi connectivity index (χ1v) is 8.74. The minimum absolute atomic E-state index is 0.0687. The molecule has 7 heteroatoms. The summed E-state index contributed by atoms with van der Waals surface area (Å²) in [5.41, 5.74) is 2.36. The standard InChI is InChI=1S/C17H26N4O3/c1-9-8-13-14(10(2)24-9)20-21-15(13)17(23)19-12-6-4-11(5-7-12)16(22)18-3/h9-12H,4-8H2,1-3H3,(H,18,22)(H,19,23)(H,20,21)/t9-,10+,11?,12?/m0/s1. The number of carbonyl (C=O) groups excluding carboxylic acids is 2. The van der Waals surface area contributed by atoms with E-state index in [1.54, 1.807) is 7.05 Å². The average Bonchev–Trinajstić information content (AvgIpc) is 2.99. The number of rotatable bonds is 3. The summed E-state index contributed by atoms with van der Waals surface area (Å²) in [5.74, 6) is 0.0430. The quantitative estimate of drug-likeness (QED) is 0.780. The van der Waals surface area contributed by atoms with E-state index in [2.05, 4.69) is 20.8 Å². The average molecular weight is 334 g/mol. The van der Waals surface area contributed by atoms with Crippen LogP contribution in [-0.2, 0) is 16.0 Å². The molecule has 0 bridgehead atoms. The highest BCUT2D eigenvalue weighted by Gasteiger charge is 2.31. The van der Waals surface area contributed by atoms with Gasteiger partial charge in [-0.05, 0) is 39.5 Å². The second-order valence-electron chi connectivity index (χ2n) is 6.89. The summed E-state index contributed by atoms with van der Waals surface area (Å²) in [6.07, 6.45) is 3.98. The highest BCUT2D eigenvalue weighted by Crippen LogP contribution is 2.30. The Morgan fingerprint density at radius 2 is 1.92 bits per heavy atom. The molecule has 2 aliphatic rings. The second kappa shape index (κ2) is 6.93. The zero-order valence-corrected chi connectivity index (χ0v) is 14.5. The second-order valence-corrected chi connectivity index (χ2v) is 6.89. The number of nitrogens with one attached hydrogen (secondary N) is 3. The molecule has 3 N–H and O–H groups in total. The molecule has 0 radical (unpaired) electrons. The van der Waals surface area contributed by atoms with Crippen molar-refractivity contribution >= 4 is 11.8 Å². The number of carbonyl (C=O) groups is 2. The van der Waals surface area contributed by atoms with Gasteiger partial charge in [-0.15, -0.1) is 0 Å². The maximum Gasteiger partial charge on any atom is 0.272 e. The summed E-state index contributed by atoms with van der Waals surface area (Å²) in [4.78, 5) is 24.3. The molecule has 0 aromatic carbocycles. The van der Waals surface area contributed by atoms with Gasteiger partial charge in [-0.3, -0.25) is 14.7 Å². The van der Waals surface area contributed by atoms with Gasteiger partial charge in [0.1, 0.15) is 0 Å². The summed E-state index contributed by atoms with van der Waals surface area (Å²) in [5, 5.41) is 13.0. The molecule has 1 aromatic rings. The predicted molar refractivity (Wildman–Crippen MR) is 88.5 cm³/mol. The molecular formula is C17H26N4O3. The van der Waals surface area contributed by atoms with Crippen LogP contribution in [0, 0.1) is 5.92 Å². The zero-order valence-electron chi connectivity index (χ0n) is 14.5. The first kappa shape index (κ1) is 17.0. The summed E-state index contributed by atoms with van der Waals surface area (Å²) < 4.78 is 5.76. The number of ether oxygens (including phenoxy) is 1. The minimum atomic E-state index is -0.128. The fourth-order valence-electron chi connectivity index (χ4n) is 3.82. The molecule has 2 atom stereocenters. The van der Waals surface area contributed by atoms with E-state index in [0.717, 1.165) is 36.9 Å². The summed E-state index contributed by atoms with van der Waals surface area (Å²) >= 11 is 0. The summed E-state index contributed by atoms with van der Waals surface area (Å²) in [6, 6.07) is 0.112. The van der Waals surface area contributed by atoms with Gasteiger partial charge in [0.25, 0.3) is 5.91 Å². The lowest BCUT2D eigenvalue weighted by atomic mass is 9.85. The van der Waals surface area contributed by atoms with Crippen LogP contribution in [0.2, 0.25) is 0 Å². The Kier molecular flexibility index (Phi) is 4.89. The van der Waals surface area contributed by atoms with E-state index in [1.807, 2.05) is 13.8 Å². The van der Waals surface area contributed by atoms with E-state index in [-0.39, 0.29) is 36.0 Å². The van der Waals surface area contributed by atoms with E-state index in [9.17, 15) is 9.59 Å². The fraction of sp³-hybridized carbons (Fsp3) is 0.706. The van der Waals surface area contributed by atoms with Crippen LogP contribution in [0.15, 0.2) is 0 Å². The van der Waals surface area contributed by atoms with Crippen LogP contribution in [0.4, 0.5) is 0 Å². The van der Waals surface area contributed by atoms with Crippen molar-refractivity contribution in [1.82, 2.24) is 20.8 Å². The number of hydrogen-bond donors (Lipinski definition) is 3. The van der Waals surface area contributed by atoms with Crippen LogP contribution < -0.4 is 10.6 Å². The molecule has 2 amide bonds. The SMILES string of the molecule is CNC(=O)C1CCC(NC(=O)c2n[nH]c3c2C[C@H](C)O[C@@H]3C)CC1. The van der Waals surface area contributed by atoms with Crippen LogP contribution >= 0.6 is 0 Å². The number of aromatic nitrogens is 2. The smallest absolute Gasteiger partial charge is 0.272 e. The molecular weight excluding hydrogens is 308 g/mol. The van der Waals surface area contributed by atoms with Gasteiger partial charge in [0, 0.05) is 31.0 Å². The first-order chi connectivity index (χ1) is 11.5. The Morgan fingerprint density at radius 3 is 2.58 bits per heavy atom. The molecule has 1 aliphatic carbocycles. The molecule has 0 saturated heterocycles. The Hall–Kier alpha value is -1.89. The van der Waals surface area contributed by atoms with Crippen molar-refractivity contribution in [3.8, 4) is 0 Å². The number of fused-ring (bicyclic) bond motifs is 1. The number of H-pyrrole nitrogens is 1. The third-order valence-electron chi connectivity index (χ3n) is 5.13. The van der Waals surface area contributed by atoms with E-state index in [4.69, 9.17) is 4.74 Å². The van der Waals surface area contributed by atoms with Crippen molar-refractivity contribution in [2.75, 3.05) is 7.05 Å². The van der Waals surface area contributed by atoms with Gasteiger partial charge in [0.15, 0.2) is 5.69 Å². The van der Waals surface area contributed by atoms with Gasteiger partial charge in [0.05, 0.1) is 17.9 Å². The number of aromatic amines is 1. The van der Waals surface area contributed by atoms with Crippen LogP contribution in [0.3, 0.4) is 0 Å². The van der Waals surface area contributed by atoms with Crippen molar-refractivity contribution in [2.45, 2.75) is 64.2 Å². The van der Waals surface area contributed by atoms with Gasteiger partial charge in [-0.1, -0.05) is 0 Å². The van der Waals surface area contributed by atoms with Crippen molar-refractivity contribution < 1.29 is 14.3 Å². The Morgan fingerprint density at radius 1 is 1.21 bits per heavy atom. The third-order valence-corrected chi connectivity index (χ3v) is 5.13. The van der Waals surface area contributed by atoms with E-state index in [1.165, 1.54) is 0 Å². The monoisotopic (exact) mass is 334 g/mol. The van der Waals surface area contributed by atoms with Crippen LogP contribution in [0.25, 0.3) is 0 Å². The molecule has 24 heavy (non-hydrogen) atoms. The molecule has 3 rings (SSSR count). The molecule has 0 spiro atoms. The van der Waals surface area contributed by atoms with Gasteiger partial charge in [0.2, 0.25) is 5.91 Å². The molecule has 1 aromatic heterocycles. The van der Waals surface area contributed by atoms with Gasteiger partial charge in [-0.2, -0.15) is 5.10 Å². The lowest BCUT2D eigenvalue weighted by molar-refractivity contribution is -0.125. The van der Waals surface area contributed by atoms with Crippen molar-refractivity contribution in [3.63, 3.8) is 0 Å². The lowest BCUT2D eigenvalue weighted by Crippen LogP contribution is -2.40. The van der Waals surface area contributed by atoms with E-state index >= 15 is 0 Å². The maximum atomic E-state index is 12.6. The van der Waals surface area contributed by atoms with Gasteiger partial charge in [-0.25, -0.2) is 0 Å². The topological polar surface area (TPSA) is 96.1 Å². The van der Waals surface area contributed by atoms with Gasteiger partial charge >= 0.3 is 0 Å². The third kappa shape index (κ3) is 3.31. The number of amides is 2. The summed E-state index contributed by atoms with van der Waals surface area (Å²) in [6.45, 7) is 3.97. The molecule has 7 nitrogen and oxygen atoms in total. The van der Waals surface area contributed by atoms with E-state index in [0.29, 0.717) is 12.1 Å². The Balaban J connectivity index is 1.62. The molecule has 1 aliphatic heterocycles. The van der Waals surface area contributed by atoms with Gasteiger partial charge < -0.3 is 15.4 Å². The molecule has 1 saturated carbocycles. The number of hydrogen-bond acceptors (Lipinski definition) is 4. The van der Waals surface area contributed by atoms with Crippen LogP contribution in [0.5, 0.6) is 0 Å².